The lowest BCUT2D eigenvalue weighted by Crippen LogP contribution is -2.30. The Balaban J connectivity index is 2.69. The van der Waals surface area contributed by atoms with Crippen molar-refractivity contribution in [2.24, 2.45) is 0 Å². The van der Waals surface area contributed by atoms with Crippen LogP contribution in [0, 0.1) is 6.92 Å². The van der Waals surface area contributed by atoms with Gasteiger partial charge in [-0.15, -0.1) is 0 Å². The summed E-state index contributed by atoms with van der Waals surface area (Å²) < 4.78 is 10.4. The third kappa shape index (κ3) is 7.99. The van der Waals surface area contributed by atoms with Gasteiger partial charge in [0.2, 0.25) is 0 Å². The maximum absolute atomic E-state index is 11.8. The first-order valence-corrected chi connectivity index (χ1v) is 8.48. The Morgan fingerprint density at radius 2 is 1.46 bits per heavy atom. The minimum Gasteiger partial charge on any atom is -0.463 e. The maximum Gasteiger partial charge on any atom is 0.307 e. The van der Waals surface area contributed by atoms with Crippen LogP contribution in [0.25, 0.3) is 0 Å². The molecule has 5 nitrogen and oxygen atoms in total. The van der Waals surface area contributed by atoms with Crippen molar-refractivity contribution in [3.63, 3.8) is 0 Å². The van der Waals surface area contributed by atoms with E-state index in [0.29, 0.717) is 13.1 Å². The molecule has 0 aliphatic rings. The summed E-state index contributed by atoms with van der Waals surface area (Å²) in [4.78, 5) is 25.6. The van der Waals surface area contributed by atoms with Crippen LogP contribution in [0.4, 0.5) is 5.69 Å². The second-order valence-corrected chi connectivity index (χ2v) is 6.40. The van der Waals surface area contributed by atoms with Crippen molar-refractivity contribution in [3.05, 3.63) is 29.8 Å². The first-order valence-electron chi connectivity index (χ1n) is 8.48. The fourth-order valence-corrected chi connectivity index (χ4v) is 2.29. The van der Waals surface area contributed by atoms with Crippen LogP contribution >= 0.6 is 0 Å². The molecule has 0 bridgehead atoms. The van der Waals surface area contributed by atoms with Gasteiger partial charge in [-0.3, -0.25) is 9.59 Å². The van der Waals surface area contributed by atoms with Crippen LogP contribution < -0.4 is 4.90 Å². The highest BCUT2D eigenvalue weighted by Crippen LogP contribution is 2.17. The predicted octanol–water partition coefficient (Wildman–Crippen LogP) is 3.48. The summed E-state index contributed by atoms with van der Waals surface area (Å²) in [5, 5.41) is 0. The highest BCUT2D eigenvalue weighted by atomic mass is 16.5. The van der Waals surface area contributed by atoms with Gasteiger partial charge in [0.1, 0.15) is 0 Å². The molecule has 0 atom stereocenters. The average Bonchev–Trinajstić information content (AvgIpc) is 2.45. The molecule has 0 spiro atoms. The molecule has 0 aliphatic carbocycles. The molecule has 0 aliphatic heterocycles. The van der Waals surface area contributed by atoms with Gasteiger partial charge in [0, 0.05) is 18.8 Å². The average molecular weight is 335 g/mol. The number of esters is 2. The number of carbonyl (C=O) groups excluding carboxylic acids is 2. The van der Waals surface area contributed by atoms with E-state index in [2.05, 4.69) is 0 Å². The van der Waals surface area contributed by atoms with E-state index in [1.54, 1.807) is 0 Å². The first-order chi connectivity index (χ1) is 11.3. The van der Waals surface area contributed by atoms with E-state index >= 15 is 0 Å². The van der Waals surface area contributed by atoms with Crippen molar-refractivity contribution in [2.45, 2.75) is 59.7 Å². The Hall–Kier alpha value is -2.04. The Morgan fingerprint density at radius 1 is 0.958 bits per heavy atom. The number of hydrogen-bond acceptors (Lipinski definition) is 5. The van der Waals surface area contributed by atoms with Gasteiger partial charge in [0.25, 0.3) is 0 Å². The summed E-state index contributed by atoms with van der Waals surface area (Å²) >= 11 is 0. The third-order valence-electron chi connectivity index (χ3n) is 3.27. The van der Waals surface area contributed by atoms with Crippen molar-refractivity contribution in [1.82, 2.24) is 0 Å². The molecule has 24 heavy (non-hydrogen) atoms. The molecule has 0 aromatic heterocycles. The van der Waals surface area contributed by atoms with Crippen LogP contribution in [0.2, 0.25) is 0 Å². The van der Waals surface area contributed by atoms with Crippen molar-refractivity contribution >= 4 is 17.6 Å². The Bertz CT molecular complexity index is 514. The largest absolute Gasteiger partial charge is 0.463 e. The monoisotopic (exact) mass is 335 g/mol. The lowest BCUT2D eigenvalue weighted by atomic mass is 10.2. The van der Waals surface area contributed by atoms with Gasteiger partial charge in [-0.05, 0) is 52.3 Å². The van der Waals surface area contributed by atoms with Crippen molar-refractivity contribution in [1.29, 1.82) is 0 Å². The summed E-state index contributed by atoms with van der Waals surface area (Å²) in [6, 6.07) is 8.01. The van der Waals surface area contributed by atoms with E-state index in [9.17, 15) is 9.59 Å². The van der Waals surface area contributed by atoms with E-state index in [-0.39, 0.29) is 37.0 Å². The second kappa shape index (κ2) is 9.96. The number of ether oxygens (including phenoxy) is 2. The van der Waals surface area contributed by atoms with Gasteiger partial charge in [0.15, 0.2) is 0 Å². The number of rotatable bonds is 9. The normalized spacial score (nSPS) is 10.8. The summed E-state index contributed by atoms with van der Waals surface area (Å²) in [5.74, 6) is -0.458. The zero-order chi connectivity index (χ0) is 18.1. The number of carbonyl (C=O) groups is 2. The lowest BCUT2D eigenvalue weighted by molar-refractivity contribution is -0.147. The van der Waals surface area contributed by atoms with E-state index < -0.39 is 0 Å². The number of benzene rings is 1. The molecule has 0 unspecified atom stereocenters. The Labute approximate surface area is 144 Å². The van der Waals surface area contributed by atoms with E-state index in [1.165, 1.54) is 0 Å². The zero-order valence-electron chi connectivity index (χ0n) is 15.4. The number of hydrogen-bond donors (Lipinski definition) is 0. The smallest absolute Gasteiger partial charge is 0.307 e. The molecule has 0 amide bonds. The van der Waals surface area contributed by atoms with E-state index in [1.807, 2.05) is 63.8 Å². The minimum absolute atomic E-state index is 0.120. The van der Waals surface area contributed by atoms with E-state index in [0.717, 1.165) is 11.3 Å². The highest BCUT2D eigenvalue weighted by Gasteiger charge is 2.14. The van der Waals surface area contributed by atoms with Crippen LogP contribution in [0.1, 0.15) is 46.1 Å². The van der Waals surface area contributed by atoms with Crippen molar-refractivity contribution < 1.29 is 19.1 Å². The summed E-state index contributed by atoms with van der Waals surface area (Å²) in [7, 11) is 0. The van der Waals surface area contributed by atoms with Gasteiger partial charge in [-0.25, -0.2) is 0 Å². The van der Waals surface area contributed by atoms with Gasteiger partial charge in [-0.1, -0.05) is 12.1 Å². The fraction of sp³-hybridized carbons (Fsp3) is 0.579. The quantitative estimate of drug-likeness (QED) is 0.647. The maximum atomic E-state index is 11.8. The van der Waals surface area contributed by atoms with E-state index in [4.69, 9.17) is 9.47 Å². The number of nitrogens with zero attached hydrogens (tertiary/aromatic N) is 1. The van der Waals surface area contributed by atoms with Crippen LogP contribution in [-0.2, 0) is 19.1 Å². The molecular weight excluding hydrogens is 306 g/mol. The summed E-state index contributed by atoms with van der Waals surface area (Å²) in [5.41, 5.74) is 2.12. The van der Waals surface area contributed by atoms with Gasteiger partial charge in [-0.2, -0.15) is 0 Å². The molecule has 0 heterocycles. The third-order valence-corrected chi connectivity index (χ3v) is 3.27. The van der Waals surface area contributed by atoms with Crippen LogP contribution in [0.3, 0.4) is 0 Å². The number of anilines is 1. The standard InChI is InChI=1S/C19H29NO4/c1-14(2)23-18(21)9-11-20(12-10-19(22)24-15(3)4)17-8-6-7-16(5)13-17/h6-8,13-15H,9-12H2,1-5H3. The molecule has 1 rings (SSSR count). The van der Waals surface area contributed by atoms with Crippen LogP contribution in [0.15, 0.2) is 24.3 Å². The van der Waals surface area contributed by atoms with Crippen LogP contribution in [0.5, 0.6) is 0 Å². The lowest BCUT2D eigenvalue weighted by Gasteiger charge is -2.25. The Kier molecular flexibility index (Phi) is 8.30. The molecule has 134 valence electrons. The molecule has 5 heteroatoms. The first kappa shape index (κ1) is 20.0. The SMILES string of the molecule is Cc1cccc(N(CCC(=O)OC(C)C)CCC(=O)OC(C)C)c1. The molecule has 1 aromatic rings. The zero-order valence-corrected chi connectivity index (χ0v) is 15.4. The number of aryl methyl sites for hydroxylation is 1. The molecule has 0 saturated carbocycles. The summed E-state index contributed by atoms with van der Waals surface area (Å²) in [6.45, 7) is 10.3. The molecule has 0 radical (unpaired) electrons. The molecule has 1 aromatic carbocycles. The van der Waals surface area contributed by atoms with Crippen LogP contribution in [-0.4, -0.2) is 37.2 Å². The Morgan fingerprint density at radius 3 is 1.88 bits per heavy atom. The predicted molar refractivity (Wildman–Crippen MR) is 95.1 cm³/mol. The molecule has 0 saturated heterocycles. The van der Waals surface area contributed by atoms with Crippen molar-refractivity contribution in [2.75, 3.05) is 18.0 Å². The fourth-order valence-electron chi connectivity index (χ4n) is 2.29. The molecule has 0 fully saturated rings. The second-order valence-electron chi connectivity index (χ2n) is 6.40. The highest BCUT2D eigenvalue weighted by molar-refractivity contribution is 5.71. The topological polar surface area (TPSA) is 55.8 Å². The minimum atomic E-state index is -0.229. The van der Waals surface area contributed by atoms with Gasteiger partial charge >= 0.3 is 11.9 Å². The van der Waals surface area contributed by atoms with Gasteiger partial charge in [0.05, 0.1) is 25.0 Å². The van der Waals surface area contributed by atoms with Crippen molar-refractivity contribution in [3.8, 4) is 0 Å². The molecular formula is C19H29NO4. The molecule has 0 N–H and O–H groups in total. The summed E-state index contributed by atoms with van der Waals surface area (Å²) in [6.07, 6.45) is 0.327. The van der Waals surface area contributed by atoms with Gasteiger partial charge < -0.3 is 14.4 Å².